The summed E-state index contributed by atoms with van der Waals surface area (Å²) in [5.41, 5.74) is 4.20. The number of aromatic nitrogens is 1. The van der Waals surface area contributed by atoms with Gasteiger partial charge in [-0.2, -0.15) is 8.42 Å². The molecule has 0 bridgehead atoms. The molecule has 2 unspecified atom stereocenters. The van der Waals surface area contributed by atoms with Crippen molar-refractivity contribution in [2.24, 2.45) is 5.92 Å². The summed E-state index contributed by atoms with van der Waals surface area (Å²) in [6.45, 7) is 5.28. The lowest BCUT2D eigenvalue weighted by molar-refractivity contribution is -0.128. The van der Waals surface area contributed by atoms with Crippen molar-refractivity contribution >= 4 is 26.9 Å². The summed E-state index contributed by atoms with van der Waals surface area (Å²) in [6, 6.07) is 7.53. The van der Waals surface area contributed by atoms with Crippen LogP contribution in [-0.2, 0) is 21.3 Å². The topological polar surface area (TPSA) is 112 Å². The van der Waals surface area contributed by atoms with Gasteiger partial charge < -0.3 is 19.9 Å². The van der Waals surface area contributed by atoms with E-state index in [9.17, 15) is 18.3 Å². The SMILES string of the molecule is CC(C)n1cc2c3c(cccc31)[C@H]1C[C@H](C(=O)NC3CCCC3O)CN(C)[C@@H]1C2.CS(=O)(=O)O. The van der Waals surface area contributed by atoms with Gasteiger partial charge in [-0.1, -0.05) is 12.1 Å². The molecule has 34 heavy (non-hydrogen) atoms. The quantitative estimate of drug-likeness (QED) is 0.569. The molecule has 2 fully saturated rings. The van der Waals surface area contributed by atoms with Crippen LogP contribution < -0.4 is 5.32 Å². The first-order valence-electron chi connectivity index (χ1n) is 12.2. The highest BCUT2D eigenvalue weighted by atomic mass is 32.2. The number of aliphatic hydroxyl groups is 1. The standard InChI is InChI=1S/C24H33N3O2.CH4O3S/c1-14(2)27-13-15-11-21-18(17-6-4-8-20(27)23(15)17)10-16(12-26(21)3)24(29)25-19-7-5-9-22(19)28;1-5(2,3)4/h4,6,8,13-14,16,18-19,21-22,28H,5,7,9-12H2,1-3H3,(H,25,29);1H3,(H,2,3,4)/t16-,18+,19?,21+,22?;/m0./s1. The van der Waals surface area contributed by atoms with Gasteiger partial charge in [0.15, 0.2) is 0 Å². The zero-order valence-corrected chi connectivity index (χ0v) is 21.3. The van der Waals surface area contributed by atoms with Crippen molar-refractivity contribution in [2.45, 2.75) is 76.1 Å². The van der Waals surface area contributed by atoms with Crippen molar-refractivity contribution in [1.29, 1.82) is 0 Å². The molecule has 9 heteroatoms. The third kappa shape index (κ3) is 5.17. The Hall–Kier alpha value is -1.94. The maximum absolute atomic E-state index is 13.0. The lowest BCUT2D eigenvalue weighted by atomic mass is 9.72. The highest BCUT2D eigenvalue weighted by Crippen LogP contribution is 2.45. The molecular weight excluding hydrogens is 454 g/mol. The molecule has 1 saturated carbocycles. The maximum Gasteiger partial charge on any atom is 0.261 e. The van der Waals surface area contributed by atoms with Gasteiger partial charge in [-0.15, -0.1) is 0 Å². The minimum Gasteiger partial charge on any atom is -0.391 e. The van der Waals surface area contributed by atoms with E-state index in [0.29, 0.717) is 24.3 Å². The van der Waals surface area contributed by atoms with Gasteiger partial charge in [0.25, 0.3) is 10.1 Å². The van der Waals surface area contributed by atoms with Crippen LogP contribution >= 0.6 is 0 Å². The van der Waals surface area contributed by atoms with Crippen LogP contribution in [0.25, 0.3) is 10.9 Å². The molecule has 2 heterocycles. The second-order valence-corrected chi connectivity index (χ2v) is 12.0. The predicted octanol–water partition coefficient (Wildman–Crippen LogP) is 2.72. The van der Waals surface area contributed by atoms with Crippen molar-refractivity contribution in [3.8, 4) is 0 Å². The van der Waals surface area contributed by atoms with Crippen LogP contribution in [0, 0.1) is 5.92 Å². The van der Waals surface area contributed by atoms with E-state index in [0.717, 1.165) is 38.6 Å². The molecule has 1 saturated heterocycles. The predicted molar refractivity (Wildman–Crippen MR) is 133 cm³/mol. The average Bonchev–Trinajstić information content (AvgIpc) is 3.32. The van der Waals surface area contributed by atoms with Gasteiger partial charge >= 0.3 is 0 Å². The molecule has 8 nitrogen and oxygen atoms in total. The molecule has 1 aliphatic heterocycles. The molecule has 1 amide bonds. The number of likely N-dealkylation sites (N-methyl/N-ethyl adjacent to an activating group) is 1. The minimum absolute atomic E-state index is 0.0157. The number of rotatable bonds is 3. The van der Waals surface area contributed by atoms with Crippen molar-refractivity contribution in [1.82, 2.24) is 14.8 Å². The highest BCUT2D eigenvalue weighted by Gasteiger charge is 2.42. The van der Waals surface area contributed by atoms with E-state index in [4.69, 9.17) is 4.55 Å². The number of likely N-dealkylation sites (tertiary alicyclic amines) is 1. The maximum atomic E-state index is 13.0. The van der Waals surface area contributed by atoms with Crippen LogP contribution in [0.3, 0.4) is 0 Å². The van der Waals surface area contributed by atoms with Crippen molar-refractivity contribution in [2.75, 3.05) is 19.8 Å². The lowest BCUT2D eigenvalue weighted by Gasteiger charge is -2.45. The molecule has 3 aliphatic rings. The molecule has 2 aliphatic carbocycles. The van der Waals surface area contributed by atoms with Crippen LogP contribution in [0.1, 0.15) is 62.6 Å². The first kappa shape index (κ1) is 25.2. The van der Waals surface area contributed by atoms with E-state index in [2.05, 4.69) is 60.1 Å². The number of aliphatic hydroxyl groups excluding tert-OH is 1. The summed E-state index contributed by atoms with van der Waals surface area (Å²) in [5.74, 6) is 0.495. The summed E-state index contributed by atoms with van der Waals surface area (Å²) in [5, 5.41) is 14.7. The zero-order chi connectivity index (χ0) is 24.8. The van der Waals surface area contributed by atoms with Crippen molar-refractivity contribution < 1.29 is 22.9 Å². The molecule has 2 aromatic rings. The van der Waals surface area contributed by atoms with Crippen LogP contribution in [0.4, 0.5) is 0 Å². The number of hydrogen-bond acceptors (Lipinski definition) is 5. The Bertz CT molecular complexity index is 1150. The third-order valence-corrected chi connectivity index (χ3v) is 7.61. The Balaban J connectivity index is 0.000000499. The molecule has 1 aromatic carbocycles. The number of piperidine rings is 1. The van der Waals surface area contributed by atoms with Gasteiger partial charge in [-0.05, 0) is 70.2 Å². The third-order valence-electron chi connectivity index (χ3n) is 7.61. The Labute approximate surface area is 202 Å². The second kappa shape index (κ2) is 9.60. The number of carbonyl (C=O) groups excluding carboxylic acids is 1. The molecule has 3 N–H and O–H groups in total. The lowest BCUT2D eigenvalue weighted by Crippen LogP contribution is -2.53. The number of benzene rings is 1. The van der Waals surface area contributed by atoms with Gasteiger partial charge in [-0.3, -0.25) is 9.35 Å². The number of hydrogen-bond donors (Lipinski definition) is 3. The zero-order valence-electron chi connectivity index (χ0n) is 20.4. The first-order valence-corrected chi connectivity index (χ1v) is 14.0. The van der Waals surface area contributed by atoms with Crippen molar-refractivity contribution in [3.05, 3.63) is 35.5 Å². The van der Waals surface area contributed by atoms with Gasteiger partial charge in [0.2, 0.25) is 5.91 Å². The number of nitrogens with zero attached hydrogens (tertiary/aromatic N) is 2. The molecule has 0 radical (unpaired) electrons. The van der Waals surface area contributed by atoms with Gasteiger partial charge in [0.05, 0.1) is 24.3 Å². The molecular formula is C25H37N3O5S. The van der Waals surface area contributed by atoms with E-state index in [1.807, 2.05) is 0 Å². The first-order chi connectivity index (χ1) is 15.9. The van der Waals surface area contributed by atoms with Gasteiger partial charge in [-0.25, -0.2) is 0 Å². The number of amides is 1. The average molecular weight is 492 g/mol. The number of fused-ring (bicyclic) bond motifs is 2. The van der Waals surface area contributed by atoms with E-state index in [1.165, 1.54) is 22.0 Å². The van der Waals surface area contributed by atoms with Gasteiger partial charge in [0.1, 0.15) is 0 Å². The van der Waals surface area contributed by atoms with Crippen LogP contribution in [0.2, 0.25) is 0 Å². The molecule has 5 rings (SSSR count). The summed E-state index contributed by atoms with van der Waals surface area (Å²) in [6.07, 6.45) is 7.34. The van der Waals surface area contributed by atoms with Crippen LogP contribution in [0.15, 0.2) is 24.4 Å². The molecule has 1 aromatic heterocycles. The smallest absolute Gasteiger partial charge is 0.261 e. The largest absolute Gasteiger partial charge is 0.391 e. The summed E-state index contributed by atoms with van der Waals surface area (Å²) in [7, 11) is -1.49. The van der Waals surface area contributed by atoms with Crippen molar-refractivity contribution in [3.63, 3.8) is 0 Å². The summed E-state index contributed by atoms with van der Waals surface area (Å²) in [4.78, 5) is 15.4. The Morgan fingerprint density at radius 2 is 1.94 bits per heavy atom. The second-order valence-electron chi connectivity index (χ2n) is 10.5. The highest BCUT2D eigenvalue weighted by molar-refractivity contribution is 7.85. The van der Waals surface area contributed by atoms with E-state index in [-0.39, 0.29) is 24.0 Å². The summed E-state index contributed by atoms with van der Waals surface area (Å²) >= 11 is 0. The Morgan fingerprint density at radius 1 is 1.24 bits per heavy atom. The number of nitrogens with one attached hydrogen (secondary N) is 1. The van der Waals surface area contributed by atoms with E-state index in [1.54, 1.807) is 0 Å². The van der Waals surface area contributed by atoms with E-state index >= 15 is 0 Å². The number of carbonyl (C=O) groups is 1. The fourth-order valence-electron chi connectivity index (χ4n) is 6.10. The Morgan fingerprint density at radius 3 is 2.56 bits per heavy atom. The van der Waals surface area contributed by atoms with Crippen LogP contribution in [0.5, 0.6) is 0 Å². The molecule has 5 atom stereocenters. The minimum atomic E-state index is -3.67. The Kier molecular flexibility index (Phi) is 7.11. The summed E-state index contributed by atoms with van der Waals surface area (Å²) < 4.78 is 28.3. The molecule has 0 spiro atoms. The fourth-order valence-corrected chi connectivity index (χ4v) is 6.10. The van der Waals surface area contributed by atoms with Gasteiger partial charge in [0, 0.05) is 41.6 Å². The van der Waals surface area contributed by atoms with E-state index < -0.39 is 10.1 Å². The fraction of sp³-hybridized carbons (Fsp3) is 0.640. The normalized spacial score (nSPS) is 29.0. The van der Waals surface area contributed by atoms with Crippen LogP contribution in [-0.4, -0.2) is 71.5 Å². The monoisotopic (exact) mass is 491 g/mol. The molecule has 188 valence electrons.